The van der Waals surface area contributed by atoms with Crippen molar-refractivity contribution in [3.05, 3.63) is 46.4 Å². The summed E-state index contributed by atoms with van der Waals surface area (Å²) in [6.07, 6.45) is 0.910. The number of azo groups is 1. The van der Waals surface area contributed by atoms with Crippen molar-refractivity contribution in [2.75, 3.05) is 5.43 Å². The highest BCUT2D eigenvalue weighted by Gasteiger charge is 2.12. The van der Waals surface area contributed by atoms with Crippen LogP contribution in [0.3, 0.4) is 0 Å². The smallest absolute Gasteiger partial charge is 0.282 e. The molecule has 2 aromatic rings. The first-order chi connectivity index (χ1) is 12.5. The van der Waals surface area contributed by atoms with Gasteiger partial charge in [0, 0.05) is 0 Å². The summed E-state index contributed by atoms with van der Waals surface area (Å²) in [5, 5.41) is 11.0. The molecule has 0 aliphatic carbocycles. The molecule has 0 radical (unpaired) electrons. The van der Waals surface area contributed by atoms with Gasteiger partial charge in [0.2, 0.25) is 0 Å². The number of nitrogens with zero attached hydrogens (tertiary/aromatic N) is 3. The fourth-order valence-electron chi connectivity index (χ4n) is 1.69. The van der Waals surface area contributed by atoms with E-state index in [9.17, 15) is 16.8 Å². The van der Waals surface area contributed by atoms with Gasteiger partial charge in [-0.25, -0.2) is 0 Å². The van der Waals surface area contributed by atoms with Gasteiger partial charge >= 0.3 is 0 Å². The van der Waals surface area contributed by atoms with Crippen molar-refractivity contribution < 1.29 is 25.9 Å². The van der Waals surface area contributed by atoms with E-state index in [1.165, 1.54) is 12.1 Å². The molecule has 0 fully saturated rings. The van der Waals surface area contributed by atoms with E-state index in [1.807, 2.05) is 0 Å². The number of benzene rings is 2. The molecule has 0 unspecified atom stereocenters. The molecule has 0 spiro atoms. The van der Waals surface area contributed by atoms with Gasteiger partial charge in [-0.1, -0.05) is 23.2 Å². The molecule has 0 bridgehead atoms. The first-order valence-electron chi connectivity index (χ1n) is 6.71. The molecular weight excluding hydrogens is 443 g/mol. The van der Waals surface area contributed by atoms with Gasteiger partial charge in [0.25, 0.3) is 20.2 Å². The van der Waals surface area contributed by atoms with Crippen LogP contribution in [-0.4, -0.2) is 32.3 Å². The van der Waals surface area contributed by atoms with Crippen LogP contribution in [0.25, 0.3) is 0 Å². The SMILES string of the molecule is O=S(=O)(O)c1ccc(Cl)c(N=N/C=N\Nc2cc(S(=O)(=O)O)ccc2Cl)c1. The molecule has 144 valence electrons. The fourth-order valence-corrected chi connectivity index (χ4v) is 3.01. The Labute approximate surface area is 164 Å². The van der Waals surface area contributed by atoms with E-state index in [4.69, 9.17) is 32.3 Å². The number of hydrazone groups is 1. The number of anilines is 1. The molecule has 0 aromatic heterocycles. The van der Waals surface area contributed by atoms with Crippen molar-refractivity contribution in [3.63, 3.8) is 0 Å². The van der Waals surface area contributed by atoms with Crippen molar-refractivity contribution in [1.82, 2.24) is 0 Å². The van der Waals surface area contributed by atoms with Gasteiger partial charge in [0.05, 0.1) is 25.5 Å². The van der Waals surface area contributed by atoms with Crippen LogP contribution in [0.5, 0.6) is 0 Å². The van der Waals surface area contributed by atoms with Crippen molar-refractivity contribution in [3.8, 4) is 0 Å². The Bertz CT molecular complexity index is 1130. The first kappa shape index (κ1) is 21.2. The minimum atomic E-state index is -4.42. The molecular formula is C13H10Cl2N4O6S2. The van der Waals surface area contributed by atoms with Gasteiger partial charge in [0.15, 0.2) is 6.34 Å². The maximum atomic E-state index is 11.1. The lowest BCUT2D eigenvalue weighted by Gasteiger charge is -2.04. The van der Waals surface area contributed by atoms with Crippen molar-refractivity contribution >= 4 is 61.2 Å². The highest BCUT2D eigenvalue weighted by molar-refractivity contribution is 7.86. The molecule has 27 heavy (non-hydrogen) atoms. The Balaban J connectivity index is 2.15. The molecule has 0 saturated heterocycles. The maximum absolute atomic E-state index is 11.1. The van der Waals surface area contributed by atoms with Crippen LogP contribution in [0.2, 0.25) is 10.0 Å². The average molecular weight is 453 g/mol. The Kier molecular flexibility index (Phi) is 6.51. The quantitative estimate of drug-likeness (QED) is 0.198. The molecule has 10 nitrogen and oxygen atoms in total. The summed E-state index contributed by atoms with van der Waals surface area (Å²) in [5.74, 6) is 0. The van der Waals surface area contributed by atoms with Crippen LogP contribution in [0.4, 0.5) is 11.4 Å². The summed E-state index contributed by atoms with van der Waals surface area (Å²) in [6.45, 7) is 0. The van der Waals surface area contributed by atoms with Gasteiger partial charge in [-0.3, -0.25) is 14.5 Å². The van der Waals surface area contributed by atoms with Crippen LogP contribution >= 0.6 is 23.2 Å². The normalized spacial score (nSPS) is 12.7. The van der Waals surface area contributed by atoms with E-state index in [-0.39, 0.29) is 26.3 Å². The number of rotatable bonds is 6. The maximum Gasteiger partial charge on any atom is 0.294 e. The third-order valence-electron chi connectivity index (χ3n) is 2.91. The van der Waals surface area contributed by atoms with E-state index in [0.29, 0.717) is 0 Å². The minimum absolute atomic E-state index is 0.0374. The molecule has 0 atom stereocenters. The number of nitrogens with one attached hydrogen (secondary N) is 1. The minimum Gasteiger partial charge on any atom is -0.282 e. The topological polar surface area (TPSA) is 158 Å². The van der Waals surface area contributed by atoms with Crippen molar-refractivity contribution in [2.45, 2.75) is 9.79 Å². The molecule has 3 N–H and O–H groups in total. The van der Waals surface area contributed by atoms with E-state index >= 15 is 0 Å². The summed E-state index contributed by atoms with van der Waals surface area (Å²) < 4.78 is 62.4. The van der Waals surface area contributed by atoms with E-state index < -0.39 is 25.1 Å². The highest BCUT2D eigenvalue weighted by atomic mass is 35.5. The molecule has 0 aliphatic heterocycles. The molecule has 2 aromatic carbocycles. The van der Waals surface area contributed by atoms with E-state index in [0.717, 1.165) is 30.6 Å². The zero-order chi connectivity index (χ0) is 20.2. The third kappa shape index (κ3) is 5.95. The van der Waals surface area contributed by atoms with Gasteiger partial charge < -0.3 is 0 Å². The number of halogens is 2. The largest absolute Gasteiger partial charge is 0.294 e. The van der Waals surface area contributed by atoms with Crippen LogP contribution in [0, 0.1) is 0 Å². The standard InChI is InChI=1S/C13H10Cl2N4O6S2/c14-10-3-1-8(26(20,21)22)5-12(10)18-16-7-17-19-13-6-9(27(23,24)25)2-4-11(13)15/h1-7,18H,(H,20,21,22)(H,23,24,25)/b16-7-,19-17?. The molecule has 0 heterocycles. The Morgan fingerprint density at radius 2 is 1.44 bits per heavy atom. The van der Waals surface area contributed by atoms with Crippen LogP contribution in [0.15, 0.2) is 61.5 Å². The molecule has 0 saturated carbocycles. The lowest BCUT2D eigenvalue weighted by molar-refractivity contribution is 0.481. The molecule has 0 amide bonds. The lowest BCUT2D eigenvalue weighted by Crippen LogP contribution is -1.99. The Morgan fingerprint density at radius 3 is 2.04 bits per heavy atom. The third-order valence-corrected chi connectivity index (χ3v) is 5.26. The summed E-state index contributed by atoms with van der Waals surface area (Å²) >= 11 is 11.7. The second-order valence-corrected chi connectivity index (χ2v) is 8.43. The van der Waals surface area contributed by atoms with Gasteiger partial charge in [0.1, 0.15) is 5.69 Å². The highest BCUT2D eigenvalue weighted by Crippen LogP contribution is 2.28. The molecule has 0 aliphatic rings. The second-order valence-electron chi connectivity index (χ2n) is 4.78. The monoisotopic (exact) mass is 452 g/mol. The summed E-state index contributed by atoms with van der Waals surface area (Å²) in [7, 11) is -8.84. The lowest BCUT2D eigenvalue weighted by atomic mass is 10.3. The Morgan fingerprint density at radius 1 is 0.889 bits per heavy atom. The van der Waals surface area contributed by atoms with Crippen LogP contribution < -0.4 is 5.43 Å². The summed E-state index contributed by atoms with van der Waals surface area (Å²) in [5.41, 5.74) is 2.44. The number of hydrogen-bond acceptors (Lipinski definition) is 7. The molecule has 2 rings (SSSR count). The zero-order valence-electron chi connectivity index (χ0n) is 13.0. The van der Waals surface area contributed by atoms with Crippen LogP contribution in [0.1, 0.15) is 0 Å². The number of hydrogen-bond donors (Lipinski definition) is 3. The fraction of sp³-hybridized carbons (Fsp3) is 0. The Hall–Kier alpha value is -2.09. The average Bonchev–Trinajstić information content (AvgIpc) is 2.55. The summed E-state index contributed by atoms with van der Waals surface area (Å²) in [4.78, 5) is -0.801. The first-order valence-corrected chi connectivity index (χ1v) is 10.3. The predicted octanol–water partition coefficient (Wildman–Crippen LogP) is 3.63. The second kappa shape index (κ2) is 8.29. The van der Waals surface area contributed by atoms with Gasteiger partial charge in [-0.05, 0) is 36.4 Å². The van der Waals surface area contributed by atoms with Crippen molar-refractivity contribution in [2.24, 2.45) is 15.3 Å². The van der Waals surface area contributed by atoms with Crippen molar-refractivity contribution in [1.29, 1.82) is 0 Å². The molecule has 14 heteroatoms. The van der Waals surface area contributed by atoms with E-state index in [2.05, 4.69) is 20.8 Å². The van der Waals surface area contributed by atoms with Gasteiger partial charge in [-0.2, -0.15) is 21.9 Å². The summed E-state index contributed by atoms with van der Waals surface area (Å²) in [6, 6.07) is 6.72. The van der Waals surface area contributed by atoms with Crippen LogP contribution in [-0.2, 0) is 20.2 Å². The zero-order valence-corrected chi connectivity index (χ0v) is 16.1. The van der Waals surface area contributed by atoms with Gasteiger partial charge in [-0.15, -0.1) is 10.2 Å². The predicted molar refractivity (Wildman–Crippen MR) is 99.2 cm³/mol. The van der Waals surface area contributed by atoms with E-state index in [1.54, 1.807) is 0 Å².